The summed E-state index contributed by atoms with van der Waals surface area (Å²) in [4.78, 5) is 1.69. The van der Waals surface area contributed by atoms with Gasteiger partial charge in [-0.3, -0.25) is 4.90 Å². The minimum atomic E-state index is -3.24. The molecule has 1 saturated heterocycles. The summed E-state index contributed by atoms with van der Waals surface area (Å²) in [6, 6.07) is 3.82. The van der Waals surface area contributed by atoms with E-state index in [0.717, 1.165) is 0 Å². The summed E-state index contributed by atoms with van der Waals surface area (Å²) in [7, 11) is 1.46. The summed E-state index contributed by atoms with van der Waals surface area (Å²) >= 11 is 3.31. The Labute approximate surface area is 143 Å². The maximum atomic E-state index is 14.4. The van der Waals surface area contributed by atoms with Gasteiger partial charge in [-0.15, -0.1) is 12.4 Å². The Hall–Kier alpha value is -0.470. The zero-order valence-corrected chi connectivity index (χ0v) is 14.6. The van der Waals surface area contributed by atoms with Crippen LogP contribution in [0.4, 0.5) is 8.78 Å². The number of halogens is 4. The number of nitrogens with zero attached hydrogens (tertiary/aromatic N) is 1. The molecule has 0 radical (unpaired) electrons. The number of alkyl halides is 2. The molecule has 0 spiro atoms. The van der Waals surface area contributed by atoms with Crippen LogP contribution in [0.2, 0.25) is 0 Å². The number of rotatable bonds is 5. The highest BCUT2D eigenvalue weighted by molar-refractivity contribution is 9.10. The first kappa shape index (κ1) is 19.6. The van der Waals surface area contributed by atoms with Crippen molar-refractivity contribution in [2.24, 2.45) is 0 Å². The molecule has 1 heterocycles. The summed E-state index contributed by atoms with van der Waals surface area (Å²) in [5.74, 6) is -2.85. The average Bonchev–Trinajstić information content (AvgIpc) is 2.48. The number of benzene rings is 1. The fourth-order valence-corrected chi connectivity index (χ4v) is 3.02. The van der Waals surface area contributed by atoms with Crippen LogP contribution in [0.15, 0.2) is 22.7 Å². The first-order valence-corrected chi connectivity index (χ1v) is 7.56. The number of ether oxygens (including phenoxy) is 1. The van der Waals surface area contributed by atoms with Gasteiger partial charge in [-0.2, -0.15) is 0 Å². The van der Waals surface area contributed by atoms with E-state index in [1.165, 1.54) is 7.11 Å². The number of piperazine rings is 1. The van der Waals surface area contributed by atoms with E-state index in [1.807, 2.05) is 0 Å². The maximum Gasteiger partial charge on any atom is 0.290 e. The minimum absolute atomic E-state index is 0. The minimum Gasteiger partial charge on any atom is -0.496 e. The van der Waals surface area contributed by atoms with Crippen molar-refractivity contribution in [3.8, 4) is 5.75 Å². The lowest BCUT2D eigenvalue weighted by atomic mass is 9.97. The summed E-state index contributed by atoms with van der Waals surface area (Å²) in [5.41, 5.74) is 0.382. The van der Waals surface area contributed by atoms with Crippen LogP contribution < -0.4 is 10.1 Å². The Morgan fingerprint density at radius 2 is 2.05 bits per heavy atom. The first-order valence-electron chi connectivity index (χ1n) is 6.76. The van der Waals surface area contributed by atoms with E-state index in [1.54, 1.807) is 23.1 Å². The lowest BCUT2D eigenvalue weighted by Crippen LogP contribution is -2.51. The monoisotopic (exact) mass is 400 g/mol. The number of aliphatic hydroxyl groups is 1. The fraction of sp³-hybridized carbons (Fsp3) is 0.571. The molecule has 4 nitrogen and oxygen atoms in total. The van der Waals surface area contributed by atoms with E-state index in [2.05, 4.69) is 21.2 Å². The summed E-state index contributed by atoms with van der Waals surface area (Å²) < 4.78 is 34.6. The van der Waals surface area contributed by atoms with E-state index >= 15 is 0 Å². The molecule has 0 aliphatic carbocycles. The van der Waals surface area contributed by atoms with Crippen molar-refractivity contribution in [2.75, 3.05) is 39.9 Å². The van der Waals surface area contributed by atoms with E-state index < -0.39 is 18.6 Å². The standard InChI is InChI=1S/C14H19BrF2N2O2.ClH/c1-21-12-3-2-10(15)8-11(12)13(14(16,17)9-20)19-6-4-18-5-7-19;/h2-3,8,13,18,20H,4-7,9H2,1H3;1H/t13-;/m0./s1. The Kier molecular flexibility index (Phi) is 7.48. The highest BCUT2D eigenvalue weighted by atomic mass is 79.9. The number of aliphatic hydroxyl groups excluding tert-OH is 1. The normalized spacial score (nSPS) is 17.7. The van der Waals surface area contributed by atoms with Crippen LogP contribution in [0.5, 0.6) is 5.75 Å². The summed E-state index contributed by atoms with van der Waals surface area (Å²) in [5, 5.41) is 12.3. The van der Waals surface area contributed by atoms with Crippen LogP contribution >= 0.6 is 28.3 Å². The second kappa shape index (κ2) is 8.40. The van der Waals surface area contributed by atoms with Gasteiger partial charge in [0.2, 0.25) is 0 Å². The van der Waals surface area contributed by atoms with E-state index in [4.69, 9.17) is 9.84 Å². The molecular weight excluding hydrogens is 382 g/mol. The molecule has 1 fully saturated rings. The number of hydrogen-bond donors (Lipinski definition) is 2. The topological polar surface area (TPSA) is 44.7 Å². The van der Waals surface area contributed by atoms with Gasteiger partial charge in [0.25, 0.3) is 5.92 Å². The fourth-order valence-electron chi connectivity index (χ4n) is 2.64. The lowest BCUT2D eigenvalue weighted by Gasteiger charge is -2.39. The highest BCUT2D eigenvalue weighted by Crippen LogP contribution is 2.41. The Bertz CT molecular complexity index is 488. The Morgan fingerprint density at radius 3 is 2.59 bits per heavy atom. The van der Waals surface area contributed by atoms with Gasteiger partial charge in [-0.05, 0) is 18.2 Å². The molecule has 126 valence electrons. The molecule has 1 aromatic rings. The quantitative estimate of drug-likeness (QED) is 0.795. The zero-order chi connectivity index (χ0) is 15.5. The molecule has 1 aliphatic rings. The van der Waals surface area contributed by atoms with E-state index in [-0.39, 0.29) is 12.4 Å². The summed E-state index contributed by atoms with van der Waals surface area (Å²) in [6.45, 7) is 1.09. The molecule has 1 aliphatic heterocycles. The van der Waals surface area contributed by atoms with Crippen molar-refractivity contribution in [3.05, 3.63) is 28.2 Å². The first-order chi connectivity index (χ1) is 9.99. The molecule has 0 saturated carbocycles. The second-order valence-corrected chi connectivity index (χ2v) is 5.91. The van der Waals surface area contributed by atoms with Crippen molar-refractivity contribution in [3.63, 3.8) is 0 Å². The molecule has 0 aromatic heterocycles. The SMILES string of the molecule is COc1ccc(Br)cc1[C@H](N1CCNCC1)C(F)(F)CO.Cl. The van der Waals surface area contributed by atoms with Crippen molar-refractivity contribution in [2.45, 2.75) is 12.0 Å². The van der Waals surface area contributed by atoms with E-state index in [9.17, 15) is 8.78 Å². The Balaban J connectivity index is 0.00000242. The molecule has 0 unspecified atom stereocenters. The van der Waals surface area contributed by atoms with Crippen molar-refractivity contribution in [1.82, 2.24) is 10.2 Å². The molecule has 2 N–H and O–H groups in total. The largest absolute Gasteiger partial charge is 0.496 e. The molecule has 0 amide bonds. The van der Waals surface area contributed by atoms with Crippen LogP contribution in [-0.2, 0) is 0 Å². The van der Waals surface area contributed by atoms with Gasteiger partial charge in [-0.1, -0.05) is 15.9 Å². The number of hydrogen-bond acceptors (Lipinski definition) is 4. The number of nitrogens with one attached hydrogen (secondary N) is 1. The zero-order valence-electron chi connectivity index (χ0n) is 12.2. The molecule has 2 rings (SSSR count). The van der Waals surface area contributed by atoms with Crippen LogP contribution in [0.3, 0.4) is 0 Å². The third kappa shape index (κ3) is 4.29. The van der Waals surface area contributed by atoms with Crippen molar-refractivity contribution < 1.29 is 18.6 Å². The predicted octanol–water partition coefficient (Wildman–Crippen LogP) is 2.45. The smallest absolute Gasteiger partial charge is 0.290 e. The molecule has 8 heteroatoms. The van der Waals surface area contributed by atoms with Crippen LogP contribution in [0.1, 0.15) is 11.6 Å². The van der Waals surface area contributed by atoms with Crippen LogP contribution in [0.25, 0.3) is 0 Å². The average molecular weight is 402 g/mol. The van der Waals surface area contributed by atoms with Gasteiger partial charge in [0.15, 0.2) is 0 Å². The van der Waals surface area contributed by atoms with Gasteiger partial charge in [0.1, 0.15) is 18.4 Å². The predicted molar refractivity (Wildman–Crippen MR) is 87.2 cm³/mol. The van der Waals surface area contributed by atoms with Crippen molar-refractivity contribution in [1.29, 1.82) is 0 Å². The van der Waals surface area contributed by atoms with Gasteiger partial charge < -0.3 is 15.2 Å². The van der Waals surface area contributed by atoms with Crippen LogP contribution in [-0.4, -0.2) is 55.8 Å². The maximum absolute atomic E-state index is 14.4. The summed E-state index contributed by atoms with van der Waals surface area (Å²) in [6.07, 6.45) is 0. The van der Waals surface area contributed by atoms with Crippen molar-refractivity contribution >= 4 is 28.3 Å². The third-order valence-corrected chi connectivity index (χ3v) is 4.11. The molecule has 22 heavy (non-hydrogen) atoms. The van der Waals surface area contributed by atoms with Gasteiger partial charge in [-0.25, -0.2) is 8.78 Å². The molecular formula is C14H20BrClF2N2O2. The van der Waals surface area contributed by atoms with Gasteiger partial charge in [0.05, 0.1) is 7.11 Å². The third-order valence-electron chi connectivity index (χ3n) is 3.61. The van der Waals surface area contributed by atoms with E-state index in [0.29, 0.717) is 42.0 Å². The second-order valence-electron chi connectivity index (χ2n) is 4.99. The molecule has 1 atom stereocenters. The Morgan fingerprint density at radius 1 is 1.41 bits per heavy atom. The van der Waals surface area contributed by atoms with Gasteiger partial charge >= 0.3 is 0 Å². The number of methoxy groups -OCH3 is 1. The molecule has 0 bridgehead atoms. The lowest BCUT2D eigenvalue weighted by molar-refractivity contribution is -0.119. The van der Waals surface area contributed by atoms with Gasteiger partial charge in [0, 0.05) is 36.2 Å². The van der Waals surface area contributed by atoms with Crippen LogP contribution in [0, 0.1) is 0 Å². The molecule has 1 aromatic carbocycles. The highest BCUT2D eigenvalue weighted by Gasteiger charge is 2.45.